The van der Waals surface area contributed by atoms with Crippen molar-refractivity contribution in [2.75, 3.05) is 13.1 Å². The number of carbonyl (C=O) groups excluding carboxylic acids is 1. The Balaban J connectivity index is 1.42. The maximum Gasteiger partial charge on any atom is 0.257 e. The molecule has 1 aliphatic rings. The Morgan fingerprint density at radius 1 is 1.16 bits per heavy atom. The van der Waals surface area contributed by atoms with Gasteiger partial charge in [0.15, 0.2) is 5.65 Å². The number of rotatable bonds is 4. The highest BCUT2D eigenvalue weighted by atomic mass is 19.1. The van der Waals surface area contributed by atoms with Crippen molar-refractivity contribution in [3.8, 4) is 5.69 Å². The number of pyridine rings is 1. The molecule has 158 valence electrons. The summed E-state index contributed by atoms with van der Waals surface area (Å²) in [7, 11) is 0. The van der Waals surface area contributed by atoms with Crippen LogP contribution in [0.4, 0.5) is 4.39 Å². The number of halogens is 1. The molecule has 0 aliphatic carbocycles. The highest BCUT2D eigenvalue weighted by Gasteiger charge is 2.30. The summed E-state index contributed by atoms with van der Waals surface area (Å²) in [5.41, 5.74) is 2.98. The fourth-order valence-electron chi connectivity index (χ4n) is 4.38. The van der Waals surface area contributed by atoms with Crippen LogP contribution in [-0.2, 0) is 6.42 Å². The third-order valence-electron chi connectivity index (χ3n) is 5.92. The lowest BCUT2D eigenvalue weighted by atomic mass is 9.96. The summed E-state index contributed by atoms with van der Waals surface area (Å²) < 4.78 is 17.0. The van der Waals surface area contributed by atoms with Gasteiger partial charge in [0.2, 0.25) is 0 Å². The first-order valence-electron chi connectivity index (χ1n) is 10.6. The molecule has 7 nitrogen and oxygen atoms in total. The quantitative estimate of drug-likeness (QED) is 0.508. The van der Waals surface area contributed by atoms with Crippen LogP contribution in [0, 0.1) is 5.82 Å². The minimum absolute atomic E-state index is 0.0243. The van der Waals surface area contributed by atoms with E-state index < -0.39 is 0 Å². The molecule has 1 fully saturated rings. The number of nitrogens with zero attached hydrogens (tertiary/aromatic N) is 6. The van der Waals surface area contributed by atoms with Gasteiger partial charge in [0.05, 0.1) is 23.1 Å². The molecule has 1 aliphatic heterocycles. The lowest BCUT2D eigenvalue weighted by Gasteiger charge is -2.32. The summed E-state index contributed by atoms with van der Waals surface area (Å²) in [6.07, 6.45) is 6.11. The van der Waals surface area contributed by atoms with Gasteiger partial charge >= 0.3 is 0 Å². The average molecular weight is 418 g/mol. The summed E-state index contributed by atoms with van der Waals surface area (Å²) in [6.45, 7) is 3.30. The minimum Gasteiger partial charge on any atom is -0.338 e. The van der Waals surface area contributed by atoms with Crippen molar-refractivity contribution in [1.82, 2.24) is 29.3 Å². The number of amides is 1. The van der Waals surface area contributed by atoms with Crippen molar-refractivity contribution in [1.29, 1.82) is 0 Å². The maximum absolute atomic E-state index is 13.4. The number of hydrogen-bond acceptors (Lipinski definition) is 4. The van der Waals surface area contributed by atoms with E-state index in [2.05, 4.69) is 15.3 Å². The average Bonchev–Trinajstić information content (AvgIpc) is 3.43. The summed E-state index contributed by atoms with van der Waals surface area (Å²) in [4.78, 5) is 15.3. The Bertz CT molecular complexity index is 1230. The van der Waals surface area contributed by atoms with E-state index in [0.717, 1.165) is 35.7 Å². The van der Waals surface area contributed by atoms with Gasteiger partial charge in [-0.1, -0.05) is 13.0 Å². The number of hydrogen-bond donors (Lipinski definition) is 0. The van der Waals surface area contributed by atoms with Crippen LogP contribution in [0.25, 0.3) is 11.3 Å². The van der Waals surface area contributed by atoms with E-state index in [9.17, 15) is 9.18 Å². The van der Waals surface area contributed by atoms with Crippen LogP contribution in [0.1, 0.15) is 47.6 Å². The fraction of sp³-hybridized carbons (Fsp3) is 0.304. The highest BCUT2D eigenvalue weighted by molar-refractivity contribution is 5.95. The molecule has 1 saturated heterocycles. The molecule has 1 aromatic carbocycles. The first kappa shape index (κ1) is 19.4. The van der Waals surface area contributed by atoms with Crippen molar-refractivity contribution in [2.45, 2.75) is 32.1 Å². The Kier molecular flexibility index (Phi) is 4.97. The summed E-state index contributed by atoms with van der Waals surface area (Å²) in [6, 6.07) is 12.0. The van der Waals surface area contributed by atoms with Crippen LogP contribution in [0.15, 0.2) is 54.9 Å². The van der Waals surface area contributed by atoms with Gasteiger partial charge in [-0.3, -0.25) is 9.20 Å². The van der Waals surface area contributed by atoms with Gasteiger partial charge in [-0.15, -0.1) is 10.2 Å². The number of piperidine rings is 1. The highest BCUT2D eigenvalue weighted by Crippen LogP contribution is 2.28. The molecule has 0 bridgehead atoms. The molecule has 8 heteroatoms. The number of likely N-dealkylation sites (tertiary alicyclic amines) is 1. The lowest BCUT2D eigenvalue weighted by molar-refractivity contribution is 0.0703. The standard InChI is InChI=1S/C23H23FN6O/c1-2-20-19(14-25-30(20)18-10-8-17(24)9-11-18)23(31)28-12-5-6-16(15-28)22-27-26-21-7-3-4-13-29(21)22/h3-4,7-11,13-14,16H,2,5-6,12,15H2,1H3/t16-/m1/s1. The summed E-state index contributed by atoms with van der Waals surface area (Å²) in [5, 5.41) is 13.1. The molecule has 3 aromatic heterocycles. The number of benzene rings is 1. The van der Waals surface area contributed by atoms with Crippen molar-refractivity contribution < 1.29 is 9.18 Å². The molecular formula is C23H23FN6O. The van der Waals surface area contributed by atoms with E-state index in [4.69, 9.17) is 0 Å². The molecule has 0 unspecified atom stereocenters. The molecule has 0 radical (unpaired) electrons. The molecule has 1 atom stereocenters. The van der Waals surface area contributed by atoms with Gasteiger partial charge in [-0.2, -0.15) is 5.10 Å². The molecular weight excluding hydrogens is 395 g/mol. The van der Waals surface area contributed by atoms with Gasteiger partial charge in [0.25, 0.3) is 5.91 Å². The first-order chi connectivity index (χ1) is 15.2. The van der Waals surface area contributed by atoms with Crippen LogP contribution in [0.5, 0.6) is 0 Å². The van der Waals surface area contributed by atoms with Crippen LogP contribution >= 0.6 is 0 Å². The maximum atomic E-state index is 13.4. The third kappa shape index (κ3) is 3.48. The normalized spacial score (nSPS) is 16.7. The Hall–Kier alpha value is -3.55. The topological polar surface area (TPSA) is 68.3 Å². The van der Waals surface area contributed by atoms with Gasteiger partial charge in [-0.05, 0) is 55.7 Å². The molecule has 4 heterocycles. The zero-order chi connectivity index (χ0) is 21.4. The predicted octanol–water partition coefficient (Wildman–Crippen LogP) is 3.64. The summed E-state index contributed by atoms with van der Waals surface area (Å²) in [5.74, 6) is 0.701. The molecule has 31 heavy (non-hydrogen) atoms. The Morgan fingerprint density at radius 3 is 2.81 bits per heavy atom. The van der Waals surface area contributed by atoms with Crippen LogP contribution < -0.4 is 0 Å². The van der Waals surface area contributed by atoms with E-state index in [1.54, 1.807) is 23.0 Å². The third-order valence-corrected chi connectivity index (χ3v) is 5.92. The molecule has 5 rings (SSSR count). The van der Waals surface area contributed by atoms with E-state index in [0.29, 0.717) is 25.1 Å². The Morgan fingerprint density at radius 2 is 2.00 bits per heavy atom. The van der Waals surface area contributed by atoms with E-state index in [1.165, 1.54) is 12.1 Å². The monoisotopic (exact) mass is 418 g/mol. The first-order valence-corrected chi connectivity index (χ1v) is 10.6. The smallest absolute Gasteiger partial charge is 0.257 e. The molecule has 0 saturated carbocycles. The second-order valence-electron chi connectivity index (χ2n) is 7.82. The van der Waals surface area contributed by atoms with Crippen molar-refractivity contribution in [3.05, 3.63) is 77.8 Å². The molecule has 0 spiro atoms. The Labute approximate surface area is 179 Å². The van der Waals surface area contributed by atoms with Crippen molar-refractivity contribution in [2.24, 2.45) is 0 Å². The van der Waals surface area contributed by atoms with Crippen LogP contribution in [0.3, 0.4) is 0 Å². The second-order valence-corrected chi connectivity index (χ2v) is 7.82. The molecule has 0 N–H and O–H groups in total. The SMILES string of the molecule is CCc1c(C(=O)N2CCC[C@@H](c3nnc4ccccn34)C2)cnn1-c1ccc(F)cc1. The minimum atomic E-state index is -0.300. The van der Waals surface area contributed by atoms with Crippen LogP contribution in [0.2, 0.25) is 0 Å². The van der Waals surface area contributed by atoms with Gasteiger partial charge in [-0.25, -0.2) is 9.07 Å². The van der Waals surface area contributed by atoms with Gasteiger partial charge in [0, 0.05) is 25.2 Å². The van der Waals surface area contributed by atoms with E-state index in [1.807, 2.05) is 40.6 Å². The van der Waals surface area contributed by atoms with Crippen molar-refractivity contribution in [3.63, 3.8) is 0 Å². The largest absolute Gasteiger partial charge is 0.338 e. The summed E-state index contributed by atoms with van der Waals surface area (Å²) >= 11 is 0. The molecule has 4 aromatic rings. The molecule has 1 amide bonds. The number of carbonyl (C=O) groups is 1. The zero-order valence-corrected chi connectivity index (χ0v) is 17.3. The lowest BCUT2D eigenvalue weighted by Crippen LogP contribution is -2.39. The predicted molar refractivity (Wildman–Crippen MR) is 114 cm³/mol. The van der Waals surface area contributed by atoms with Gasteiger partial charge in [0.1, 0.15) is 11.6 Å². The van der Waals surface area contributed by atoms with E-state index >= 15 is 0 Å². The number of fused-ring (bicyclic) bond motifs is 1. The zero-order valence-electron chi connectivity index (χ0n) is 17.3. The fourth-order valence-corrected chi connectivity index (χ4v) is 4.38. The number of aromatic nitrogens is 5. The van der Waals surface area contributed by atoms with E-state index in [-0.39, 0.29) is 17.6 Å². The van der Waals surface area contributed by atoms with Crippen LogP contribution in [-0.4, -0.2) is 48.3 Å². The van der Waals surface area contributed by atoms with Crippen molar-refractivity contribution >= 4 is 11.6 Å². The second kappa shape index (κ2) is 7.94. The van der Waals surface area contributed by atoms with Gasteiger partial charge < -0.3 is 4.90 Å².